The third kappa shape index (κ3) is 2.75. The first-order chi connectivity index (χ1) is 10.6. The Morgan fingerprint density at radius 2 is 2.45 bits per heavy atom. The first-order valence-electron chi connectivity index (χ1n) is 7.05. The topological polar surface area (TPSA) is 105 Å². The van der Waals surface area contributed by atoms with E-state index in [0.29, 0.717) is 11.4 Å². The number of carbonyl (C=O) groups is 1. The minimum absolute atomic E-state index is 0.200. The lowest BCUT2D eigenvalue weighted by atomic mass is 10.0. The normalized spacial score (nSPS) is 31.6. The summed E-state index contributed by atoms with van der Waals surface area (Å²) in [6.45, 7) is 0.404. The molecule has 1 aromatic heterocycles. The van der Waals surface area contributed by atoms with Crippen LogP contribution in [-0.4, -0.2) is 54.6 Å². The highest BCUT2D eigenvalue weighted by Gasteiger charge is 2.47. The van der Waals surface area contributed by atoms with Crippen molar-refractivity contribution in [3.05, 3.63) is 18.5 Å². The molecule has 0 saturated carbocycles. The summed E-state index contributed by atoms with van der Waals surface area (Å²) in [4.78, 5) is 16.5. The van der Waals surface area contributed by atoms with Crippen LogP contribution in [-0.2, 0) is 4.79 Å². The zero-order valence-corrected chi connectivity index (χ0v) is 12.1. The van der Waals surface area contributed by atoms with Crippen molar-refractivity contribution in [3.8, 4) is 5.75 Å². The first kappa shape index (κ1) is 15.1. The van der Waals surface area contributed by atoms with E-state index < -0.39 is 18.3 Å². The molecule has 2 fully saturated rings. The number of nitrogens with two attached hydrogens (primary N) is 1. The van der Waals surface area contributed by atoms with Crippen LogP contribution in [0.3, 0.4) is 0 Å². The Balaban J connectivity index is 1.74. The molecule has 5 N–H and O–H groups in total. The number of aromatic nitrogens is 1. The van der Waals surface area contributed by atoms with E-state index >= 15 is 0 Å². The van der Waals surface area contributed by atoms with Crippen LogP contribution in [0.2, 0.25) is 0 Å². The molecule has 0 aromatic carbocycles. The molecular weight excluding hydrogens is 291 g/mol. The molecule has 0 spiro atoms. The number of amides is 1. The van der Waals surface area contributed by atoms with E-state index in [9.17, 15) is 9.18 Å². The molecule has 3 heterocycles. The summed E-state index contributed by atoms with van der Waals surface area (Å²) in [5.74, 6) is -0.318. The minimum atomic E-state index is -0.990. The highest BCUT2D eigenvalue weighted by molar-refractivity contribution is 5.94. The highest BCUT2D eigenvalue weighted by Crippen LogP contribution is 2.26. The number of nitrogens with zero attached hydrogens (tertiary/aromatic N) is 2. The number of carbonyl (C=O) groups excluding carboxylic acids is 1. The zero-order chi connectivity index (χ0) is 15.7. The van der Waals surface area contributed by atoms with E-state index in [-0.39, 0.29) is 25.2 Å². The van der Waals surface area contributed by atoms with E-state index in [1.54, 1.807) is 17.3 Å². The molecule has 4 atom stereocenters. The van der Waals surface area contributed by atoms with Crippen LogP contribution in [0.15, 0.2) is 18.5 Å². The number of methoxy groups -OCH3 is 1. The van der Waals surface area contributed by atoms with Gasteiger partial charge in [-0.2, -0.15) is 0 Å². The molecule has 120 valence electrons. The predicted octanol–water partition coefficient (Wildman–Crippen LogP) is -0.983. The lowest BCUT2D eigenvalue weighted by molar-refractivity contribution is -0.121. The quantitative estimate of drug-likeness (QED) is 0.568. The smallest absolute Gasteiger partial charge is 0.233 e. The van der Waals surface area contributed by atoms with Crippen LogP contribution >= 0.6 is 0 Å². The molecule has 2 aliphatic heterocycles. The summed E-state index contributed by atoms with van der Waals surface area (Å²) >= 11 is 0. The van der Waals surface area contributed by atoms with Gasteiger partial charge in [0.1, 0.15) is 17.6 Å². The maximum Gasteiger partial charge on any atom is 0.233 e. The Kier molecular flexibility index (Phi) is 4.21. The number of ether oxygens (including phenoxy) is 1. The van der Waals surface area contributed by atoms with Crippen molar-refractivity contribution in [1.82, 2.24) is 20.7 Å². The molecule has 2 saturated heterocycles. The average molecular weight is 310 g/mol. The van der Waals surface area contributed by atoms with E-state index in [0.717, 1.165) is 0 Å². The lowest BCUT2D eigenvalue weighted by Gasteiger charge is -2.33. The number of hydrogen-bond donors (Lipinski definition) is 4. The van der Waals surface area contributed by atoms with Crippen LogP contribution in [0, 0.1) is 5.92 Å². The van der Waals surface area contributed by atoms with E-state index in [4.69, 9.17) is 10.5 Å². The number of halogens is 1. The number of hydrazine groups is 1. The predicted molar refractivity (Wildman–Crippen MR) is 77.4 cm³/mol. The van der Waals surface area contributed by atoms with E-state index in [1.807, 2.05) is 0 Å². The van der Waals surface area contributed by atoms with Gasteiger partial charge >= 0.3 is 0 Å². The first-order valence-corrected chi connectivity index (χ1v) is 7.05. The molecular formula is C13H19FN6O2. The van der Waals surface area contributed by atoms with Crippen molar-refractivity contribution < 1.29 is 13.9 Å². The fourth-order valence-electron chi connectivity index (χ4n) is 2.85. The zero-order valence-electron chi connectivity index (χ0n) is 12.1. The van der Waals surface area contributed by atoms with Gasteiger partial charge in [-0.05, 0) is 0 Å². The second-order valence-electron chi connectivity index (χ2n) is 5.35. The number of alkyl halides is 1. The number of pyridine rings is 1. The molecule has 9 heteroatoms. The molecule has 3 rings (SSSR count). The van der Waals surface area contributed by atoms with E-state index in [1.165, 1.54) is 13.3 Å². The number of nitrogens with one attached hydrogen (secondary N) is 3. The summed E-state index contributed by atoms with van der Waals surface area (Å²) in [5, 5.41) is 7.42. The van der Waals surface area contributed by atoms with Gasteiger partial charge in [-0.3, -0.25) is 15.1 Å². The second-order valence-corrected chi connectivity index (χ2v) is 5.35. The SMILES string of the molecule is COc1ccncc1NC(=O)C1C(N)NN2CC(F)CNC12. The third-order valence-corrected chi connectivity index (χ3v) is 3.88. The van der Waals surface area contributed by atoms with E-state index in [2.05, 4.69) is 21.0 Å². The third-order valence-electron chi connectivity index (χ3n) is 3.88. The van der Waals surface area contributed by atoms with Gasteiger partial charge in [-0.25, -0.2) is 14.8 Å². The van der Waals surface area contributed by atoms with Crippen LogP contribution < -0.4 is 26.5 Å². The monoisotopic (exact) mass is 310 g/mol. The lowest BCUT2D eigenvalue weighted by Crippen LogP contribution is -2.58. The van der Waals surface area contributed by atoms with Crippen molar-refractivity contribution in [2.45, 2.75) is 18.5 Å². The minimum Gasteiger partial charge on any atom is -0.494 e. The molecule has 4 unspecified atom stereocenters. The molecule has 0 aliphatic carbocycles. The van der Waals surface area contributed by atoms with Crippen molar-refractivity contribution >= 4 is 11.6 Å². The maximum absolute atomic E-state index is 13.4. The Labute approximate surface area is 127 Å². The number of anilines is 1. The summed E-state index contributed by atoms with van der Waals surface area (Å²) in [6, 6.07) is 1.65. The van der Waals surface area contributed by atoms with Gasteiger partial charge in [-0.15, -0.1) is 0 Å². The van der Waals surface area contributed by atoms with Crippen LogP contribution in [0.25, 0.3) is 0 Å². The number of fused-ring (bicyclic) bond motifs is 1. The Morgan fingerprint density at radius 3 is 3.23 bits per heavy atom. The highest BCUT2D eigenvalue weighted by atomic mass is 19.1. The molecule has 2 aliphatic rings. The molecule has 1 aromatic rings. The van der Waals surface area contributed by atoms with Crippen molar-refractivity contribution in [2.75, 3.05) is 25.5 Å². The average Bonchev–Trinajstić information content (AvgIpc) is 2.82. The Hall–Kier alpha value is -1.81. The molecule has 0 bridgehead atoms. The van der Waals surface area contributed by atoms with Gasteiger partial charge in [0.2, 0.25) is 5.91 Å². The van der Waals surface area contributed by atoms with Gasteiger partial charge in [0.05, 0.1) is 31.6 Å². The Morgan fingerprint density at radius 1 is 1.64 bits per heavy atom. The standard InChI is InChI=1S/C13H19FN6O2/c1-22-9-2-3-16-5-8(9)18-13(21)10-11(15)19-20-6-7(14)4-17-12(10)20/h2-3,5,7,10-12,17,19H,4,6,15H2,1H3,(H,18,21). The van der Waals surface area contributed by atoms with Gasteiger partial charge in [-0.1, -0.05) is 0 Å². The van der Waals surface area contributed by atoms with Crippen molar-refractivity contribution in [2.24, 2.45) is 11.7 Å². The fraction of sp³-hybridized carbons (Fsp3) is 0.538. The second kappa shape index (κ2) is 6.13. The van der Waals surface area contributed by atoms with Crippen LogP contribution in [0.4, 0.5) is 10.1 Å². The van der Waals surface area contributed by atoms with Crippen LogP contribution in [0.1, 0.15) is 0 Å². The summed E-state index contributed by atoms with van der Waals surface area (Å²) < 4.78 is 18.6. The summed E-state index contributed by atoms with van der Waals surface area (Å²) in [5.41, 5.74) is 9.39. The van der Waals surface area contributed by atoms with Gasteiger partial charge < -0.3 is 15.8 Å². The molecule has 8 nitrogen and oxygen atoms in total. The summed E-state index contributed by atoms with van der Waals surface area (Å²) in [7, 11) is 1.51. The van der Waals surface area contributed by atoms with Crippen molar-refractivity contribution in [3.63, 3.8) is 0 Å². The summed E-state index contributed by atoms with van der Waals surface area (Å²) in [6.07, 6.45) is 1.16. The molecule has 0 radical (unpaired) electrons. The fourth-order valence-corrected chi connectivity index (χ4v) is 2.85. The van der Waals surface area contributed by atoms with Crippen molar-refractivity contribution in [1.29, 1.82) is 0 Å². The van der Waals surface area contributed by atoms with Crippen LogP contribution in [0.5, 0.6) is 5.75 Å². The maximum atomic E-state index is 13.4. The van der Waals surface area contributed by atoms with Gasteiger partial charge in [0, 0.05) is 25.4 Å². The molecule has 22 heavy (non-hydrogen) atoms. The number of hydrogen-bond acceptors (Lipinski definition) is 7. The Bertz CT molecular complexity index is 559. The number of rotatable bonds is 3. The molecule has 1 amide bonds. The van der Waals surface area contributed by atoms with Gasteiger partial charge in [0.15, 0.2) is 0 Å². The van der Waals surface area contributed by atoms with Gasteiger partial charge in [0.25, 0.3) is 0 Å². The largest absolute Gasteiger partial charge is 0.494 e.